The average Bonchev–Trinajstić information content (AvgIpc) is 2.43. The van der Waals surface area contributed by atoms with Gasteiger partial charge in [-0.15, -0.1) is 0 Å². The molecule has 0 amide bonds. The minimum Gasteiger partial charge on any atom is -0.437 e. The van der Waals surface area contributed by atoms with E-state index in [2.05, 4.69) is 14.8 Å². The van der Waals surface area contributed by atoms with Gasteiger partial charge in [0.25, 0.3) is 0 Å². The number of nitrogens with two attached hydrogens (primary N) is 1. The minimum absolute atomic E-state index is 0.217. The van der Waals surface area contributed by atoms with Gasteiger partial charge in [0.05, 0.1) is 22.2 Å². The second-order valence-corrected chi connectivity index (χ2v) is 3.99. The molecule has 1 aromatic carbocycles. The van der Waals surface area contributed by atoms with Gasteiger partial charge in [-0.2, -0.15) is 16.1 Å². The van der Waals surface area contributed by atoms with Crippen LogP contribution in [0.3, 0.4) is 0 Å². The molecule has 0 fully saturated rings. The highest BCUT2D eigenvalue weighted by Crippen LogP contribution is 2.32. The summed E-state index contributed by atoms with van der Waals surface area (Å²) in [6.45, 7) is 1.70. The highest BCUT2D eigenvalue weighted by Gasteiger charge is 2.12. The predicted molar refractivity (Wildman–Crippen MR) is 67.8 cm³/mol. The summed E-state index contributed by atoms with van der Waals surface area (Å²) in [5, 5.41) is 9.07. The zero-order chi connectivity index (χ0) is 13.8. The zero-order valence-electron chi connectivity index (χ0n) is 9.92. The van der Waals surface area contributed by atoms with Gasteiger partial charge in [-0.3, -0.25) is 0 Å². The molecule has 6 nitrogen and oxygen atoms in total. The zero-order valence-corrected chi connectivity index (χ0v) is 10.7. The normalized spacial score (nSPS) is 9.79. The van der Waals surface area contributed by atoms with Crippen LogP contribution in [-0.4, -0.2) is 9.97 Å². The van der Waals surface area contributed by atoms with Gasteiger partial charge in [0.2, 0.25) is 11.8 Å². The molecule has 19 heavy (non-hydrogen) atoms. The molecule has 7 heteroatoms. The van der Waals surface area contributed by atoms with E-state index in [1.54, 1.807) is 19.1 Å². The third-order valence-electron chi connectivity index (χ3n) is 2.37. The van der Waals surface area contributed by atoms with Crippen LogP contribution in [0.2, 0.25) is 5.02 Å². The van der Waals surface area contributed by atoms with E-state index >= 15 is 0 Å². The van der Waals surface area contributed by atoms with E-state index in [0.29, 0.717) is 21.9 Å². The summed E-state index contributed by atoms with van der Waals surface area (Å²) in [7, 11) is 0. The Morgan fingerprint density at radius 1 is 1.32 bits per heavy atom. The molecular formula is C12H9ClN4O2. The van der Waals surface area contributed by atoms with Gasteiger partial charge in [0, 0.05) is 0 Å². The van der Waals surface area contributed by atoms with Gasteiger partial charge >= 0.3 is 0 Å². The van der Waals surface area contributed by atoms with Gasteiger partial charge in [-0.1, -0.05) is 11.6 Å². The molecule has 0 atom stereocenters. The van der Waals surface area contributed by atoms with Gasteiger partial charge in [-0.05, 0) is 25.1 Å². The van der Waals surface area contributed by atoms with Crippen LogP contribution >= 0.6 is 11.6 Å². The maximum absolute atomic E-state index is 8.75. The van der Waals surface area contributed by atoms with Crippen molar-refractivity contribution in [2.75, 3.05) is 0 Å². The van der Waals surface area contributed by atoms with Gasteiger partial charge in [0.1, 0.15) is 12.1 Å². The van der Waals surface area contributed by atoms with Crippen LogP contribution in [0.15, 0.2) is 24.5 Å². The molecular weight excluding hydrogens is 268 g/mol. The van der Waals surface area contributed by atoms with E-state index in [9.17, 15) is 0 Å². The number of aromatic nitrogens is 2. The van der Waals surface area contributed by atoms with Gasteiger partial charge in [0.15, 0.2) is 0 Å². The van der Waals surface area contributed by atoms with Crippen molar-refractivity contribution in [3.63, 3.8) is 0 Å². The second kappa shape index (κ2) is 5.52. The number of nitrogens with zero attached hydrogens (tertiary/aromatic N) is 3. The molecule has 1 heterocycles. The van der Waals surface area contributed by atoms with E-state index in [4.69, 9.17) is 27.5 Å². The van der Waals surface area contributed by atoms with Crippen molar-refractivity contribution in [2.24, 2.45) is 5.90 Å². The number of nitriles is 1. The van der Waals surface area contributed by atoms with E-state index in [0.717, 1.165) is 0 Å². The first-order chi connectivity index (χ1) is 9.15. The van der Waals surface area contributed by atoms with Crippen LogP contribution < -0.4 is 15.5 Å². The number of benzene rings is 1. The summed E-state index contributed by atoms with van der Waals surface area (Å²) < 4.78 is 5.55. The first-order valence-corrected chi connectivity index (χ1v) is 5.59. The number of halogens is 1. The van der Waals surface area contributed by atoms with Crippen molar-refractivity contribution in [2.45, 2.75) is 6.92 Å². The summed E-state index contributed by atoms with van der Waals surface area (Å²) in [5.74, 6) is 5.95. The highest BCUT2D eigenvalue weighted by molar-refractivity contribution is 6.32. The second-order valence-electron chi connectivity index (χ2n) is 3.59. The molecule has 0 aliphatic carbocycles. The lowest BCUT2D eigenvalue weighted by Gasteiger charge is -2.10. The lowest BCUT2D eigenvalue weighted by atomic mass is 10.2. The number of hydrogen-bond donors (Lipinski definition) is 1. The number of rotatable bonds is 3. The summed E-state index contributed by atoms with van der Waals surface area (Å²) in [5.41, 5.74) is 0.994. The van der Waals surface area contributed by atoms with Crippen LogP contribution in [-0.2, 0) is 0 Å². The third-order valence-corrected chi connectivity index (χ3v) is 2.67. The molecule has 0 saturated carbocycles. The minimum atomic E-state index is 0.217. The van der Waals surface area contributed by atoms with Gasteiger partial charge < -0.3 is 9.57 Å². The average molecular weight is 277 g/mol. The Morgan fingerprint density at radius 3 is 2.68 bits per heavy atom. The Hall–Kier alpha value is -2.36. The predicted octanol–water partition coefficient (Wildman–Crippen LogP) is 2.35. The quantitative estimate of drug-likeness (QED) is 0.865. The summed E-state index contributed by atoms with van der Waals surface area (Å²) in [6.07, 6.45) is 1.27. The first-order valence-electron chi connectivity index (χ1n) is 5.21. The monoisotopic (exact) mass is 276 g/mol. The van der Waals surface area contributed by atoms with Crippen molar-refractivity contribution in [3.8, 4) is 23.6 Å². The third kappa shape index (κ3) is 2.73. The summed E-state index contributed by atoms with van der Waals surface area (Å²) >= 11 is 6.01. The largest absolute Gasteiger partial charge is 0.437 e. The Morgan fingerprint density at radius 2 is 2.05 bits per heavy atom. The smallest absolute Gasteiger partial charge is 0.247 e. The Labute approximate surface area is 114 Å². The van der Waals surface area contributed by atoms with Crippen LogP contribution in [0.1, 0.15) is 11.1 Å². The van der Waals surface area contributed by atoms with Crippen molar-refractivity contribution in [1.82, 2.24) is 9.97 Å². The van der Waals surface area contributed by atoms with Crippen LogP contribution in [0, 0.1) is 18.3 Å². The Balaban J connectivity index is 2.34. The fourth-order valence-corrected chi connectivity index (χ4v) is 1.62. The lowest BCUT2D eigenvalue weighted by Crippen LogP contribution is -2.06. The van der Waals surface area contributed by atoms with Crippen LogP contribution in [0.25, 0.3) is 0 Å². The molecule has 2 rings (SSSR count). The van der Waals surface area contributed by atoms with Crippen LogP contribution in [0.5, 0.6) is 17.5 Å². The Bertz CT molecular complexity index is 655. The molecule has 0 unspecified atom stereocenters. The van der Waals surface area contributed by atoms with Gasteiger partial charge in [-0.25, -0.2) is 4.98 Å². The molecule has 0 radical (unpaired) electrons. The van der Waals surface area contributed by atoms with Crippen LogP contribution in [0.4, 0.5) is 0 Å². The molecule has 1 aromatic heterocycles. The molecule has 2 N–H and O–H groups in total. The lowest BCUT2D eigenvalue weighted by molar-refractivity contribution is 0.313. The van der Waals surface area contributed by atoms with Crippen molar-refractivity contribution in [3.05, 3.63) is 40.7 Å². The topological polar surface area (TPSA) is 94.1 Å². The molecule has 0 bridgehead atoms. The maximum Gasteiger partial charge on any atom is 0.247 e. The van der Waals surface area contributed by atoms with E-state index in [1.165, 1.54) is 12.4 Å². The van der Waals surface area contributed by atoms with Crippen molar-refractivity contribution >= 4 is 11.6 Å². The number of ether oxygens (including phenoxy) is 1. The fourth-order valence-electron chi connectivity index (χ4n) is 1.40. The van der Waals surface area contributed by atoms with E-state index in [1.807, 2.05) is 6.07 Å². The maximum atomic E-state index is 8.75. The fraction of sp³-hybridized carbons (Fsp3) is 0.0833. The number of hydrogen-bond acceptors (Lipinski definition) is 6. The van der Waals surface area contributed by atoms with Crippen molar-refractivity contribution < 1.29 is 9.57 Å². The standard InChI is InChI=1S/C12H9ClN4O2/c1-7-11(16-6-17-12(7)19-15)18-10-3-2-8(5-14)4-9(10)13/h2-4,6H,15H2,1H3. The van der Waals surface area contributed by atoms with Crippen molar-refractivity contribution in [1.29, 1.82) is 5.26 Å². The summed E-state index contributed by atoms with van der Waals surface area (Å²) in [4.78, 5) is 12.4. The molecule has 0 spiro atoms. The summed E-state index contributed by atoms with van der Waals surface area (Å²) in [6, 6.07) is 6.68. The molecule has 0 aliphatic rings. The SMILES string of the molecule is Cc1c(ON)ncnc1Oc1ccc(C#N)cc1Cl. The van der Waals surface area contributed by atoms with E-state index in [-0.39, 0.29) is 11.8 Å². The molecule has 0 aliphatic heterocycles. The highest BCUT2D eigenvalue weighted by atomic mass is 35.5. The van der Waals surface area contributed by atoms with E-state index < -0.39 is 0 Å². The molecule has 2 aromatic rings. The molecule has 0 saturated heterocycles. The first kappa shape index (κ1) is 13.1. The Kier molecular flexibility index (Phi) is 3.80. The molecule has 96 valence electrons.